The number of rotatable bonds is 10. The Balaban J connectivity index is 2.04. The fourth-order valence-corrected chi connectivity index (χ4v) is 3.75. The summed E-state index contributed by atoms with van der Waals surface area (Å²) in [5, 5.41) is 3.71. The molecule has 0 aliphatic heterocycles. The highest BCUT2D eigenvalue weighted by Gasteiger charge is 2.27. The number of ether oxygens (including phenoxy) is 1. The van der Waals surface area contributed by atoms with Gasteiger partial charge in [0.1, 0.15) is 6.04 Å². The number of thioether (sulfide) groups is 1. The van der Waals surface area contributed by atoms with Gasteiger partial charge in [0.2, 0.25) is 10.0 Å². The van der Waals surface area contributed by atoms with E-state index in [1.54, 1.807) is 18.2 Å². The highest BCUT2D eigenvalue weighted by molar-refractivity contribution is 7.98. The third-order valence-corrected chi connectivity index (χ3v) is 5.54. The lowest BCUT2D eigenvalue weighted by molar-refractivity contribution is -0.147. The van der Waals surface area contributed by atoms with Crippen LogP contribution in [0.15, 0.2) is 39.8 Å². The van der Waals surface area contributed by atoms with E-state index in [4.69, 9.17) is 9.26 Å². The van der Waals surface area contributed by atoms with Crippen molar-refractivity contribution in [3.8, 4) is 0 Å². The Morgan fingerprint density at radius 3 is 2.69 bits per heavy atom. The monoisotopic (exact) mass is 399 g/mol. The molecule has 0 spiro atoms. The lowest BCUT2D eigenvalue weighted by Crippen LogP contribution is -2.42. The Labute approximate surface area is 156 Å². The van der Waals surface area contributed by atoms with Gasteiger partial charge in [0.25, 0.3) is 5.89 Å². The molecule has 10 heteroatoms. The van der Waals surface area contributed by atoms with Gasteiger partial charge >= 0.3 is 5.97 Å². The zero-order chi connectivity index (χ0) is 19.0. The number of nitrogens with one attached hydrogen (secondary N) is 1. The predicted molar refractivity (Wildman–Crippen MR) is 97.0 cm³/mol. The largest absolute Gasteiger partial charge is 0.454 e. The number of carbonyl (C=O) groups is 1. The summed E-state index contributed by atoms with van der Waals surface area (Å²) in [4.78, 5) is 16.5. The van der Waals surface area contributed by atoms with E-state index in [0.717, 1.165) is 0 Å². The van der Waals surface area contributed by atoms with E-state index in [9.17, 15) is 13.2 Å². The van der Waals surface area contributed by atoms with Gasteiger partial charge in [0.15, 0.2) is 12.4 Å². The summed E-state index contributed by atoms with van der Waals surface area (Å²) >= 11 is 1.51. The SMILES string of the molecule is CCc1noc(COC(=O)C(CCSC)NS(=O)(=O)c2ccccc2)n1. The van der Waals surface area contributed by atoms with Crippen LogP contribution in [0.25, 0.3) is 0 Å². The van der Waals surface area contributed by atoms with E-state index < -0.39 is 22.0 Å². The molecule has 2 rings (SSSR count). The van der Waals surface area contributed by atoms with Gasteiger partial charge in [0.05, 0.1) is 4.90 Å². The highest BCUT2D eigenvalue weighted by Crippen LogP contribution is 2.12. The first-order chi connectivity index (χ1) is 12.5. The molecule has 0 aliphatic carbocycles. The molecule has 0 aliphatic rings. The van der Waals surface area contributed by atoms with Crippen molar-refractivity contribution in [1.29, 1.82) is 0 Å². The average molecular weight is 399 g/mol. The van der Waals surface area contributed by atoms with Gasteiger partial charge in [-0.05, 0) is 30.6 Å². The topological polar surface area (TPSA) is 111 Å². The number of benzene rings is 1. The Morgan fingerprint density at radius 1 is 1.35 bits per heavy atom. The van der Waals surface area contributed by atoms with Crippen LogP contribution in [0.1, 0.15) is 25.1 Å². The molecule has 0 bridgehead atoms. The molecule has 0 saturated heterocycles. The molecule has 8 nitrogen and oxygen atoms in total. The standard InChI is InChI=1S/C16H21N3O5S2/c1-3-14-17-15(24-18-14)11-23-16(20)13(9-10-25-2)19-26(21,22)12-7-5-4-6-8-12/h4-8,13,19H,3,9-11H2,1-2H3. The van der Waals surface area contributed by atoms with Crippen molar-refractivity contribution < 1.29 is 22.5 Å². The summed E-state index contributed by atoms with van der Waals surface area (Å²) in [5.41, 5.74) is 0. The molecular weight excluding hydrogens is 378 g/mol. The van der Waals surface area contributed by atoms with Gasteiger partial charge in [0, 0.05) is 6.42 Å². The molecule has 1 aromatic heterocycles. The van der Waals surface area contributed by atoms with E-state index in [0.29, 0.717) is 24.4 Å². The zero-order valence-electron chi connectivity index (χ0n) is 14.5. The quantitative estimate of drug-likeness (QED) is 0.602. The summed E-state index contributed by atoms with van der Waals surface area (Å²) in [6.07, 6.45) is 2.78. The molecule has 1 unspecified atom stereocenters. The van der Waals surface area contributed by atoms with E-state index in [1.165, 1.54) is 23.9 Å². The molecule has 26 heavy (non-hydrogen) atoms. The van der Waals surface area contributed by atoms with Crippen LogP contribution in [0.4, 0.5) is 0 Å². The minimum absolute atomic E-state index is 0.0893. The normalized spacial score (nSPS) is 12.7. The number of hydrogen-bond donors (Lipinski definition) is 1. The van der Waals surface area contributed by atoms with Crippen LogP contribution in [0.5, 0.6) is 0 Å². The molecule has 1 heterocycles. The number of hydrogen-bond acceptors (Lipinski definition) is 8. The Hall–Kier alpha value is -1.91. The van der Waals surface area contributed by atoms with Crippen molar-refractivity contribution in [3.05, 3.63) is 42.0 Å². The first-order valence-electron chi connectivity index (χ1n) is 8.00. The van der Waals surface area contributed by atoms with Crippen molar-refractivity contribution in [1.82, 2.24) is 14.9 Å². The summed E-state index contributed by atoms with van der Waals surface area (Å²) in [6.45, 7) is 1.67. The number of aryl methyl sites for hydroxylation is 1. The molecule has 0 amide bonds. The van der Waals surface area contributed by atoms with Gasteiger partial charge < -0.3 is 9.26 Å². The van der Waals surface area contributed by atoms with Crippen molar-refractivity contribution in [2.75, 3.05) is 12.0 Å². The lowest BCUT2D eigenvalue weighted by atomic mass is 10.2. The summed E-state index contributed by atoms with van der Waals surface area (Å²) in [5.74, 6) is 0.594. The highest BCUT2D eigenvalue weighted by atomic mass is 32.2. The maximum Gasteiger partial charge on any atom is 0.324 e. The molecule has 0 fully saturated rings. The Morgan fingerprint density at radius 2 is 2.08 bits per heavy atom. The van der Waals surface area contributed by atoms with Crippen LogP contribution in [-0.2, 0) is 32.6 Å². The molecule has 1 N–H and O–H groups in total. The number of esters is 1. The van der Waals surface area contributed by atoms with Crippen LogP contribution < -0.4 is 4.72 Å². The maximum atomic E-state index is 12.5. The van der Waals surface area contributed by atoms with Crippen LogP contribution >= 0.6 is 11.8 Å². The van der Waals surface area contributed by atoms with Crippen LogP contribution in [0, 0.1) is 0 Å². The lowest BCUT2D eigenvalue weighted by Gasteiger charge is -2.17. The molecule has 0 radical (unpaired) electrons. The van der Waals surface area contributed by atoms with Gasteiger partial charge in [-0.3, -0.25) is 4.79 Å². The van der Waals surface area contributed by atoms with Crippen LogP contribution in [-0.4, -0.2) is 42.6 Å². The first kappa shape index (κ1) is 20.4. The molecule has 2 aromatic rings. The minimum Gasteiger partial charge on any atom is -0.454 e. The maximum absolute atomic E-state index is 12.5. The van der Waals surface area contributed by atoms with Crippen molar-refractivity contribution >= 4 is 27.8 Å². The second kappa shape index (κ2) is 9.70. The van der Waals surface area contributed by atoms with Crippen LogP contribution in [0.2, 0.25) is 0 Å². The Bertz CT molecular complexity index is 808. The van der Waals surface area contributed by atoms with Crippen LogP contribution in [0.3, 0.4) is 0 Å². The van der Waals surface area contributed by atoms with E-state index in [-0.39, 0.29) is 17.4 Å². The fourth-order valence-electron chi connectivity index (χ4n) is 2.04. The number of aromatic nitrogens is 2. The molecule has 1 aromatic carbocycles. The smallest absolute Gasteiger partial charge is 0.324 e. The third kappa shape index (κ3) is 5.82. The third-order valence-electron chi connectivity index (χ3n) is 3.41. The number of sulfonamides is 1. The molecule has 0 saturated carbocycles. The second-order valence-corrected chi connectivity index (χ2v) is 8.03. The molecule has 1 atom stereocenters. The molecule has 142 valence electrons. The van der Waals surface area contributed by atoms with Crippen molar-refractivity contribution in [3.63, 3.8) is 0 Å². The summed E-state index contributed by atoms with van der Waals surface area (Å²) in [7, 11) is -3.83. The average Bonchev–Trinajstić information content (AvgIpc) is 3.12. The molecular formula is C16H21N3O5S2. The predicted octanol–water partition coefficient (Wildman–Crippen LogP) is 1.78. The summed E-state index contributed by atoms with van der Waals surface area (Å²) in [6, 6.07) is 6.87. The number of carbonyl (C=O) groups excluding carboxylic acids is 1. The van der Waals surface area contributed by atoms with E-state index in [1.807, 2.05) is 13.2 Å². The minimum atomic E-state index is -3.83. The van der Waals surface area contributed by atoms with E-state index in [2.05, 4.69) is 14.9 Å². The summed E-state index contributed by atoms with van der Waals surface area (Å²) < 4.78 is 37.4. The van der Waals surface area contributed by atoms with Gasteiger partial charge in [-0.25, -0.2) is 8.42 Å². The van der Waals surface area contributed by atoms with Crippen molar-refractivity contribution in [2.45, 2.75) is 37.3 Å². The first-order valence-corrected chi connectivity index (χ1v) is 10.9. The Kier molecular flexibility index (Phi) is 7.61. The van der Waals surface area contributed by atoms with Crippen molar-refractivity contribution in [2.24, 2.45) is 0 Å². The fraction of sp³-hybridized carbons (Fsp3) is 0.438. The van der Waals surface area contributed by atoms with E-state index >= 15 is 0 Å². The van der Waals surface area contributed by atoms with Gasteiger partial charge in [-0.2, -0.15) is 21.5 Å². The number of nitrogens with zero attached hydrogens (tertiary/aromatic N) is 2. The second-order valence-electron chi connectivity index (χ2n) is 5.33. The van der Waals surface area contributed by atoms with Gasteiger partial charge in [-0.1, -0.05) is 30.3 Å². The zero-order valence-corrected chi connectivity index (χ0v) is 16.2. The van der Waals surface area contributed by atoms with Gasteiger partial charge in [-0.15, -0.1) is 0 Å².